The molecule has 8 heteroatoms. The van der Waals surface area contributed by atoms with Crippen LogP contribution in [-0.4, -0.2) is 43.4 Å². The molecule has 1 atom stereocenters. The molecule has 0 fully saturated rings. The predicted octanol–water partition coefficient (Wildman–Crippen LogP) is 2.16. The second-order valence-corrected chi connectivity index (χ2v) is 6.67. The zero-order valence-electron chi connectivity index (χ0n) is 14.4. The predicted molar refractivity (Wildman–Crippen MR) is 91.5 cm³/mol. The van der Waals surface area contributed by atoms with E-state index in [-0.39, 0.29) is 11.7 Å². The largest absolute Gasteiger partial charge is 0.467 e. The summed E-state index contributed by atoms with van der Waals surface area (Å²) in [5.74, 6) is -2.18. The highest BCUT2D eigenvalue weighted by molar-refractivity contribution is 8.00. The van der Waals surface area contributed by atoms with E-state index in [9.17, 15) is 18.8 Å². The molecular formula is C17H22FNO5S. The molecule has 0 aliphatic carbocycles. The molecule has 0 aromatic heterocycles. The lowest BCUT2D eigenvalue weighted by Crippen LogP contribution is -2.44. The van der Waals surface area contributed by atoms with E-state index in [0.717, 1.165) is 11.8 Å². The minimum absolute atomic E-state index is 0.124. The van der Waals surface area contributed by atoms with Crippen LogP contribution in [0.15, 0.2) is 29.2 Å². The summed E-state index contributed by atoms with van der Waals surface area (Å²) in [6.45, 7) is 3.30. The Labute approximate surface area is 150 Å². The van der Waals surface area contributed by atoms with Gasteiger partial charge in [0.2, 0.25) is 0 Å². The molecule has 0 aliphatic heterocycles. The van der Waals surface area contributed by atoms with Crippen LogP contribution in [0.4, 0.5) is 4.39 Å². The van der Waals surface area contributed by atoms with Crippen molar-refractivity contribution in [2.24, 2.45) is 5.92 Å². The number of rotatable bonds is 9. The quantitative estimate of drug-likeness (QED) is 0.529. The summed E-state index contributed by atoms with van der Waals surface area (Å²) in [7, 11) is 1.24. The van der Waals surface area contributed by atoms with E-state index in [1.54, 1.807) is 18.2 Å². The molecule has 0 spiro atoms. The number of nitrogens with one attached hydrogen (secondary N) is 1. The topological polar surface area (TPSA) is 81.7 Å². The van der Waals surface area contributed by atoms with E-state index in [4.69, 9.17) is 4.74 Å². The molecule has 1 amide bonds. The molecule has 1 N–H and O–H groups in total. The average molecular weight is 371 g/mol. The van der Waals surface area contributed by atoms with Crippen LogP contribution in [0.1, 0.15) is 20.3 Å². The Balaban J connectivity index is 2.40. The lowest BCUT2D eigenvalue weighted by molar-refractivity contribution is -0.149. The summed E-state index contributed by atoms with van der Waals surface area (Å²) < 4.78 is 22.9. The fourth-order valence-corrected chi connectivity index (χ4v) is 2.69. The van der Waals surface area contributed by atoms with Gasteiger partial charge in [-0.3, -0.25) is 9.59 Å². The molecule has 0 aliphatic rings. The zero-order chi connectivity index (χ0) is 18.8. The molecule has 25 heavy (non-hydrogen) atoms. The summed E-state index contributed by atoms with van der Waals surface area (Å²) in [5.41, 5.74) is 0. The molecular weight excluding hydrogens is 349 g/mol. The summed E-state index contributed by atoms with van der Waals surface area (Å²) in [5, 5.41) is 2.48. The average Bonchev–Trinajstić information content (AvgIpc) is 2.57. The molecule has 0 radical (unpaired) electrons. The molecule has 1 rings (SSSR count). The number of esters is 2. The standard InChI is InChI=1S/C17H22FNO5S/c1-11(2)8-13(17(22)23-3)19-15(20)9-24-16(21)10-25-14-7-5-4-6-12(14)18/h4-7,11,13H,8-10H2,1-3H3,(H,19,20)/t13-/m1/s1. The molecule has 0 saturated carbocycles. The Kier molecular flexibility index (Phi) is 8.98. The van der Waals surface area contributed by atoms with Crippen LogP contribution >= 0.6 is 11.8 Å². The van der Waals surface area contributed by atoms with Gasteiger partial charge in [-0.2, -0.15) is 0 Å². The van der Waals surface area contributed by atoms with E-state index in [1.165, 1.54) is 13.2 Å². The van der Waals surface area contributed by atoms with Gasteiger partial charge in [0, 0.05) is 4.90 Å². The van der Waals surface area contributed by atoms with Gasteiger partial charge in [0.25, 0.3) is 5.91 Å². The maximum absolute atomic E-state index is 13.4. The molecule has 0 unspecified atom stereocenters. The van der Waals surface area contributed by atoms with Crippen molar-refractivity contribution in [1.82, 2.24) is 5.32 Å². The van der Waals surface area contributed by atoms with Crippen LogP contribution < -0.4 is 5.32 Å². The van der Waals surface area contributed by atoms with Crippen molar-refractivity contribution in [3.63, 3.8) is 0 Å². The first kappa shape index (κ1) is 21.0. The van der Waals surface area contributed by atoms with Crippen LogP contribution in [0, 0.1) is 11.7 Å². The minimum Gasteiger partial charge on any atom is -0.467 e. The number of hydrogen-bond acceptors (Lipinski definition) is 6. The van der Waals surface area contributed by atoms with Crippen molar-refractivity contribution in [2.45, 2.75) is 31.2 Å². The monoisotopic (exact) mass is 371 g/mol. The SMILES string of the molecule is COC(=O)[C@@H](CC(C)C)NC(=O)COC(=O)CSc1ccccc1F. The Morgan fingerprint density at radius 1 is 1.24 bits per heavy atom. The summed E-state index contributed by atoms with van der Waals surface area (Å²) in [6.07, 6.45) is 0.412. The summed E-state index contributed by atoms with van der Waals surface area (Å²) in [4.78, 5) is 35.4. The van der Waals surface area contributed by atoms with Crippen molar-refractivity contribution in [1.29, 1.82) is 0 Å². The van der Waals surface area contributed by atoms with Gasteiger partial charge in [-0.05, 0) is 24.5 Å². The van der Waals surface area contributed by atoms with Crippen LogP contribution in [-0.2, 0) is 23.9 Å². The van der Waals surface area contributed by atoms with Crippen molar-refractivity contribution >= 4 is 29.6 Å². The van der Waals surface area contributed by atoms with Gasteiger partial charge in [0.1, 0.15) is 11.9 Å². The van der Waals surface area contributed by atoms with Crippen molar-refractivity contribution < 1.29 is 28.2 Å². The van der Waals surface area contributed by atoms with Crippen LogP contribution in [0.2, 0.25) is 0 Å². The highest BCUT2D eigenvalue weighted by atomic mass is 32.2. The first-order valence-corrected chi connectivity index (χ1v) is 8.72. The number of carbonyl (C=O) groups excluding carboxylic acids is 3. The molecule has 6 nitrogen and oxygen atoms in total. The number of halogens is 1. The molecule has 1 aromatic rings. The maximum Gasteiger partial charge on any atom is 0.328 e. The van der Waals surface area contributed by atoms with Crippen molar-refractivity contribution in [3.05, 3.63) is 30.1 Å². The number of methoxy groups -OCH3 is 1. The third-order valence-electron chi connectivity index (χ3n) is 3.07. The third kappa shape index (κ3) is 8.02. The van der Waals surface area contributed by atoms with Gasteiger partial charge >= 0.3 is 11.9 Å². The number of ether oxygens (including phenoxy) is 2. The Morgan fingerprint density at radius 3 is 2.52 bits per heavy atom. The first-order chi connectivity index (χ1) is 11.8. The van der Waals surface area contributed by atoms with Gasteiger partial charge in [-0.1, -0.05) is 26.0 Å². The van der Waals surface area contributed by atoms with Gasteiger partial charge in [0.15, 0.2) is 6.61 Å². The van der Waals surface area contributed by atoms with Crippen LogP contribution in [0.3, 0.4) is 0 Å². The number of benzene rings is 1. The van der Waals surface area contributed by atoms with Crippen molar-refractivity contribution in [3.8, 4) is 0 Å². The number of amides is 1. The molecule has 138 valence electrons. The minimum atomic E-state index is -0.788. The van der Waals surface area contributed by atoms with Gasteiger partial charge in [-0.25, -0.2) is 9.18 Å². The van der Waals surface area contributed by atoms with Gasteiger partial charge in [0.05, 0.1) is 12.9 Å². The van der Waals surface area contributed by atoms with E-state index < -0.39 is 36.3 Å². The lowest BCUT2D eigenvalue weighted by atomic mass is 10.0. The second kappa shape index (κ2) is 10.7. The molecule has 1 aromatic carbocycles. The highest BCUT2D eigenvalue weighted by Crippen LogP contribution is 2.20. The fourth-order valence-electron chi connectivity index (χ4n) is 1.95. The molecule has 0 bridgehead atoms. The number of thioether (sulfide) groups is 1. The van der Waals surface area contributed by atoms with Gasteiger partial charge < -0.3 is 14.8 Å². The van der Waals surface area contributed by atoms with Crippen LogP contribution in [0.25, 0.3) is 0 Å². The molecule has 0 heterocycles. The van der Waals surface area contributed by atoms with E-state index in [2.05, 4.69) is 10.1 Å². The zero-order valence-corrected chi connectivity index (χ0v) is 15.2. The summed E-state index contributed by atoms with van der Waals surface area (Å²) in [6, 6.07) is 5.27. The Bertz CT molecular complexity index is 608. The second-order valence-electron chi connectivity index (χ2n) is 5.65. The van der Waals surface area contributed by atoms with Crippen LogP contribution in [0.5, 0.6) is 0 Å². The number of carbonyl (C=O) groups is 3. The van der Waals surface area contributed by atoms with Gasteiger partial charge in [-0.15, -0.1) is 11.8 Å². The fraction of sp³-hybridized carbons (Fsp3) is 0.471. The normalized spacial score (nSPS) is 11.7. The highest BCUT2D eigenvalue weighted by Gasteiger charge is 2.23. The van der Waals surface area contributed by atoms with E-state index in [0.29, 0.717) is 11.3 Å². The number of hydrogen-bond donors (Lipinski definition) is 1. The third-order valence-corrected chi connectivity index (χ3v) is 4.10. The van der Waals surface area contributed by atoms with Crippen molar-refractivity contribution in [2.75, 3.05) is 19.5 Å². The maximum atomic E-state index is 13.4. The molecule has 0 saturated heterocycles. The Hall–Kier alpha value is -2.09. The Morgan fingerprint density at radius 2 is 1.92 bits per heavy atom. The lowest BCUT2D eigenvalue weighted by Gasteiger charge is -2.18. The van der Waals surface area contributed by atoms with E-state index in [1.807, 2.05) is 13.8 Å². The smallest absolute Gasteiger partial charge is 0.328 e. The first-order valence-electron chi connectivity index (χ1n) is 7.73. The summed E-state index contributed by atoms with van der Waals surface area (Å²) >= 11 is 0.982. The van der Waals surface area contributed by atoms with E-state index >= 15 is 0 Å².